The van der Waals surface area contributed by atoms with Gasteiger partial charge in [-0.2, -0.15) is 0 Å². The van der Waals surface area contributed by atoms with Crippen molar-refractivity contribution in [3.05, 3.63) is 11.6 Å². The number of rotatable bonds is 18. The topological polar surface area (TPSA) is 37.4 Å². The average molecular weight is 406 g/mol. The molecule has 1 aliphatic heterocycles. The summed E-state index contributed by atoms with van der Waals surface area (Å²) >= 11 is 0. The summed E-state index contributed by atoms with van der Waals surface area (Å²) in [5.74, 6) is 0.0663. The van der Waals surface area contributed by atoms with Crippen LogP contribution in [0.15, 0.2) is 11.6 Å². The molecule has 0 aromatic heterocycles. The first kappa shape index (κ1) is 25.9. The van der Waals surface area contributed by atoms with Crippen molar-refractivity contribution in [1.82, 2.24) is 4.90 Å². The van der Waals surface area contributed by atoms with Crippen LogP contribution in [0.3, 0.4) is 0 Å². The van der Waals surface area contributed by atoms with Crippen LogP contribution in [-0.2, 0) is 9.59 Å². The van der Waals surface area contributed by atoms with E-state index in [4.69, 9.17) is 0 Å². The number of carbonyl (C=O) groups excluding carboxylic acids is 2. The van der Waals surface area contributed by atoms with Gasteiger partial charge in [-0.3, -0.25) is 14.5 Å². The minimum Gasteiger partial charge on any atom is -0.275 e. The van der Waals surface area contributed by atoms with Crippen LogP contribution in [0, 0.1) is 0 Å². The zero-order valence-corrected chi connectivity index (χ0v) is 19.6. The molecule has 1 heterocycles. The van der Waals surface area contributed by atoms with Gasteiger partial charge in [0.15, 0.2) is 0 Å². The van der Waals surface area contributed by atoms with Crippen molar-refractivity contribution < 1.29 is 9.59 Å². The summed E-state index contributed by atoms with van der Waals surface area (Å²) in [4.78, 5) is 26.2. The number of allylic oxidation sites excluding steroid dienone is 1. The van der Waals surface area contributed by atoms with Gasteiger partial charge >= 0.3 is 0 Å². The van der Waals surface area contributed by atoms with Crippen molar-refractivity contribution in [2.24, 2.45) is 0 Å². The molecule has 3 nitrogen and oxygen atoms in total. The van der Waals surface area contributed by atoms with E-state index in [0.717, 1.165) is 19.3 Å². The zero-order chi connectivity index (χ0) is 21.3. The Morgan fingerprint density at radius 3 is 1.72 bits per heavy atom. The Bertz CT molecular complexity index is 467. The normalized spacial score (nSPS) is 16.1. The first-order valence-electron chi connectivity index (χ1n) is 12.6. The highest BCUT2D eigenvalue weighted by atomic mass is 16.2. The molecule has 0 spiro atoms. The molecule has 168 valence electrons. The summed E-state index contributed by atoms with van der Waals surface area (Å²) in [6.07, 6.45) is 23.2. The molecule has 3 heteroatoms. The van der Waals surface area contributed by atoms with Gasteiger partial charge in [-0.1, -0.05) is 109 Å². The van der Waals surface area contributed by atoms with Crippen LogP contribution in [0.1, 0.15) is 136 Å². The maximum atomic E-state index is 12.3. The molecule has 0 bridgehead atoms. The predicted octanol–water partition coefficient (Wildman–Crippen LogP) is 7.73. The van der Waals surface area contributed by atoms with Gasteiger partial charge in [0, 0.05) is 12.8 Å². The van der Waals surface area contributed by atoms with Crippen LogP contribution < -0.4 is 0 Å². The molecule has 1 saturated heterocycles. The average Bonchev–Trinajstić information content (AvgIpc) is 3.04. The van der Waals surface area contributed by atoms with Gasteiger partial charge in [0.05, 0.1) is 6.04 Å². The van der Waals surface area contributed by atoms with E-state index in [-0.39, 0.29) is 17.9 Å². The Kier molecular flexibility index (Phi) is 14.9. The van der Waals surface area contributed by atoms with Crippen molar-refractivity contribution in [2.45, 2.75) is 142 Å². The van der Waals surface area contributed by atoms with Gasteiger partial charge in [0.25, 0.3) is 0 Å². The third kappa shape index (κ3) is 11.0. The molecular formula is C26H47NO2. The van der Waals surface area contributed by atoms with E-state index in [2.05, 4.69) is 26.8 Å². The highest BCUT2D eigenvalue weighted by molar-refractivity contribution is 6.02. The standard InChI is InChI=1S/C26H47NO2/c1-4-6-8-10-12-13-14-15-17-19-23(3)24(20-18-16-11-9-7-5-2)27-25(28)21-22-26(27)29/h19,24H,4-18,20-22H2,1-3H3. The molecule has 0 radical (unpaired) electrons. The Labute approximate surface area is 180 Å². The maximum absolute atomic E-state index is 12.3. The SMILES string of the molecule is CCCCCCCCCCC=C(C)C(CCCCCCCC)N1C(=O)CCC1=O. The molecule has 0 aromatic carbocycles. The first-order chi connectivity index (χ1) is 14.1. The quantitative estimate of drug-likeness (QED) is 0.133. The van der Waals surface area contributed by atoms with Gasteiger partial charge in [0.1, 0.15) is 0 Å². The highest BCUT2D eigenvalue weighted by Gasteiger charge is 2.35. The minimum absolute atomic E-state index is 0.00211. The zero-order valence-electron chi connectivity index (χ0n) is 19.6. The number of unbranched alkanes of at least 4 members (excludes halogenated alkanes) is 13. The number of likely N-dealkylation sites (tertiary alicyclic amines) is 1. The molecule has 1 atom stereocenters. The van der Waals surface area contributed by atoms with E-state index in [9.17, 15) is 9.59 Å². The van der Waals surface area contributed by atoms with Gasteiger partial charge in [-0.15, -0.1) is 0 Å². The molecule has 1 unspecified atom stereocenters. The molecule has 0 N–H and O–H groups in total. The Morgan fingerprint density at radius 1 is 0.759 bits per heavy atom. The molecule has 1 aliphatic rings. The fraction of sp³-hybridized carbons (Fsp3) is 0.846. The van der Waals surface area contributed by atoms with Gasteiger partial charge in [-0.05, 0) is 26.2 Å². The van der Waals surface area contributed by atoms with E-state index in [1.807, 2.05) is 0 Å². The van der Waals surface area contributed by atoms with Crippen molar-refractivity contribution >= 4 is 11.8 Å². The number of carbonyl (C=O) groups is 2. The Morgan fingerprint density at radius 2 is 1.21 bits per heavy atom. The van der Waals surface area contributed by atoms with Crippen molar-refractivity contribution in [3.8, 4) is 0 Å². The minimum atomic E-state index is -0.00211. The summed E-state index contributed by atoms with van der Waals surface area (Å²) in [5.41, 5.74) is 1.23. The van der Waals surface area contributed by atoms with Crippen molar-refractivity contribution in [1.29, 1.82) is 0 Å². The lowest BCUT2D eigenvalue weighted by molar-refractivity contribution is -0.140. The molecule has 0 saturated carbocycles. The second kappa shape index (κ2) is 16.7. The van der Waals surface area contributed by atoms with E-state index >= 15 is 0 Å². The van der Waals surface area contributed by atoms with E-state index in [0.29, 0.717) is 12.8 Å². The fourth-order valence-electron chi connectivity index (χ4n) is 4.36. The number of hydrogen-bond acceptors (Lipinski definition) is 2. The lowest BCUT2D eigenvalue weighted by Gasteiger charge is -2.27. The monoisotopic (exact) mass is 405 g/mol. The molecule has 0 aliphatic carbocycles. The summed E-state index contributed by atoms with van der Waals surface area (Å²) in [5, 5.41) is 0. The lowest BCUT2D eigenvalue weighted by Crippen LogP contribution is -2.40. The van der Waals surface area contributed by atoms with Crippen LogP contribution in [0.2, 0.25) is 0 Å². The fourth-order valence-corrected chi connectivity index (χ4v) is 4.36. The van der Waals surface area contributed by atoms with E-state index < -0.39 is 0 Å². The first-order valence-corrected chi connectivity index (χ1v) is 12.6. The predicted molar refractivity (Wildman–Crippen MR) is 124 cm³/mol. The number of nitrogens with zero attached hydrogens (tertiary/aromatic N) is 1. The highest BCUT2D eigenvalue weighted by Crippen LogP contribution is 2.25. The second-order valence-corrected chi connectivity index (χ2v) is 8.94. The summed E-state index contributed by atoms with van der Waals surface area (Å²) in [6, 6.07) is -0.00211. The van der Waals surface area contributed by atoms with Crippen LogP contribution in [0.4, 0.5) is 0 Å². The second-order valence-electron chi connectivity index (χ2n) is 8.94. The Hall–Kier alpha value is -1.12. The number of amides is 2. The summed E-state index contributed by atoms with van der Waals surface area (Å²) in [7, 11) is 0. The molecular weight excluding hydrogens is 358 g/mol. The van der Waals surface area contributed by atoms with Gasteiger partial charge in [-0.25, -0.2) is 0 Å². The number of hydrogen-bond donors (Lipinski definition) is 0. The largest absolute Gasteiger partial charge is 0.275 e. The van der Waals surface area contributed by atoms with Gasteiger partial charge in [0.2, 0.25) is 11.8 Å². The van der Waals surface area contributed by atoms with Gasteiger partial charge < -0.3 is 0 Å². The number of imide groups is 1. The maximum Gasteiger partial charge on any atom is 0.230 e. The van der Waals surface area contributed by atoms with E-state index in [1.165, 1.54) is 89.0 Å². The summed E-state index contributed by atoms with van der Waals surface area (Å²) < 4.78 is 0. The Balaban J connectivity index is 2.41. The molecule has 1 rings (SSSR count). The van der Waals surface area contributed by atoms with Crippen molar-refractivity contribution in [3.63, 3.8) is 0 Å². The molecule has 29 heavy (non-hydrogen) atoms. The lowest BCUT2D eigenvalue weighted by atomic mass is 9.97. The third-order valence-corrected chi connectivity index (χ3v) is 6.28. The summed E-state index contributed by atoms with van der Waals surface area (Å²) in [6.45, 7) is 6.63. The molecule has 2 amide bonds. The van der Waals surface area contributed by atoms with Crippen LogP contribution in [-0.4, -0.2) is 22.8 Å². The molecule has 0 aromatic rings. The van der Waals surface area contributed by atoms with Crippen LogP contribution in [0.25, 0.3) is 0 Å². The third-order valence-electron chi connectivity index (χ3n) is 6.28. The van der Waals surface area contributed by atoms with Crippen molar-refractivity contribution in [2.75, 3.05) is 0 Å². The van der Waals surface area contributed by atoms with E-state index in [1.54, 1.807) is 4.90 Å². The molecule has 1 fully saturated rings. The smallest absolute Gasteiger partial charge is 0.230 e. The van der Waals surface area contributed by atoms with Crippen LogP contribution >= 0.6 is 0 Å². The van der Waals surface area contributed by atoms with Crippen LogP contribution in [0.5, 0.6) is 0 Å².